The maximum atomic E-state index is 5.20. The van der Waals surface area contributed by atoms with E-state index < -0.39 is 0 Å². The average molecular weight is 662 g/mol. The van der Waals surface area contributed by atoms with Gasteiger partial charge in [-0.3, -0.25) is 0 Å². The number of benzene rings is 9. The highest BCUT2D eigenvalue weighted by atomic mass is 15.0. The molecular formula is C49H31N3. The third-order valence-electron chi connectivity index (χ3n) is 10.1. The molecule has 0 saturated carbocycles. The van der Waals surface area contributed by atoms with Crippen LogP contribution in [0.15, 0.2) is 188 Å². The molecule has 242 valence electrons. The molecule has 0 fully saturated rings. The largest absolute Gasteiger partial charge is 0.208 e. The van der Waals surface area contributed by atoms with Crippen molar-refractivity contribution in [3.8, 4) is 56.4 Å². The first-order valence-electron chi connectivity index (χ1n) is 17.6. The van der Waals surface area contributed by atoms with E-state index in [1.807, 2.05) is 0 Å². The highest BCUT2D eigenvalue weighted by Gasteiger charge is 2.19. The van der Waals surface area contributed by atoms with Crippen LogP contribution in [0, 0.1) is 0 Å². The highest BCUT2D eigenvalue weighted by molar-refractivity contribution is 6.21. The van der Waals surface area contributed by atoms with Crippen molar-refractivity contribution in [2.24, 2.45) is 0 Å². The van der Waals surface area contributed by atoms with Gasteiger partial charge in [-0.2, -0.15) is 0 Å². The van der Waals surface area contributed by atoms with Gasteiger partial charge >= 0.3 is 0 Å². The maximum absolute atomic E-state index is 5.20. The van der Waals surface area contributed by atoms with Gasteiger partial charge in [-0.05, 0) is 83.5 Å². The zero-order valence-corrected chi connectivity index (χ0v) is 28.2. The Kier molecular flexibility index (Phi) is 7.14. The normalized spacial score (nSPS) is 11.5. The molecule has 9 aromatic carbocycles. The van der Waals surface area contributed by atoms with Crippen molar-refractivity contribution in [2.75, 3.05) is 0 Å². The fourth-order valence-electron chi connectivity index (χ4n) is 7.57. The van der Waals surface area contributed by atoms with E-state index in [0.717, 1.165) is 32.8 Å². The van der Waals surface area contributed by atoms with Gasteiger partial charge in [0, 0.05) is 16.7 Å². The predicted octanol–water partition coefficient (Wildman–Crippen LogP) is 12.8. The van der Waals surface area contributed by atoms with E-state index in [1.54, 1.807) is 0 Å². The van der Waals surface area contributed by atoms with Crippen LogP contribution in [0.1, 0.15) is 0 Å². The Labute approximate surface area is 301 Å². The molecule has 0 atom stereocenters. The van der Waals surface area contributed by atoms with Gasteiger partial charge in [0.1, 0.15) is 0 Å². The summed E-state index contributed by atoms with van der Waals surface area (Å²) in [6.07, 6.45) is 0. The van der Waals surface area contributed by atoms with Gasteiger partial charge in [0.25, 0.3) is 0 Å². The van der Waals surface area contributed by atoms with Gasteiger partial charge < -0.3 is 0 Å². The lowest BCUT2D eigenvalue weighted by Crippen LogP contribution is -2.00. The van der Waals surface area contributed by atoms with Crippen LogP contribution in [0.3, 0.4) is 0 Å². The molecule has 0 radical (unpaired) electrons. The molecule has 0 saturated heterocycles. The molecule has 10 aromatic rings. The predicted molar refractivity (Wildman–Crippen MR) is 217 cm³/mol. The fourth-order valence-corrected chi connectivity index (χ4v) is 7.57. The minimum absolute atomic E-state index is 0.636. The van der Waals surface area contributed by atoms with Crippen molar-refractivity contribution in [2.45, 2.75) is 0 Å². The summed E-state index contributed by atoms with van der Waals surface area (Å²) in [4.78, 5) is 15.5. The molecule has 52 heavy (non-hydrogen) atoms. The van der Waals surface area contributed by atoms with E-state index in [1.165, 1.54) is 49.2 Å². The molecular weight excluding hydrogens is 631 g/mol. The maximum Gasteiger partial charge on any atom is 0.164 e. The molecule has 0 unspecified atom stereocenters. The molecule has 0 N–H and O–H groups in total. The summed E-state index contributed by atoms with van der Waals surface area (Å²) in [6.45, 7) is 0. The average Bonchev–Trinajstić information content (AvgIpc) is 3.22. The van der Waals surface area contributed by atoms with Gasteiger partial charge in [-0.15, -0.1) is 0 Å². The van der Waals surface area contributed by atoms with Crippen molar-refractivity contribution in [3.63, 3.8) is 0 Å². The third-order valence-corrected chi connectivity index (χ3v) is 10.1. The lowest BCUT2D eigenvalue weighted by molar-refractivity contribution is 1.08. The second kappa shape index (κ2) is 12.4. The lowest BCUT2D eigenvalue weighted by Gasteiger charge is -2.18. The third kappa shape index (κ3) is 5.19. The summed E-state index contributed by atoms with van der Waals surface area (Å²) < 4.78 is 0. The molecule has 1 heterocycles. The van der Waals surface area contributed by atoms with Crippen LogP contribution in [0.25, 0.3) is 99.5 Å². The molecule has 3 nitrogen and oxygen atoms in total. The molecule has 10 rings (SSSR count). The molecule has 0 spiro atoms. The van der Waals surface area contributed by atoms with Crippen molar-refractivity contribution in [1.82, 2.24) is 15.0 Å². The van der Waals surface area contributed by atoms with Crippen LogP contribution < -0.4 is 0 Å². The van der Waals surface area contributed by atoms with Crippen LogP contribution in [-0.2, 0) is 0 Å². The topological polar surface area (TPSA) is 38.7 Å². The molecule has 0 aliphatic rings. The SMILES string of the molecule is c1ccc(-c2c3ccccc3c(-c3ccccc3)c3cc(-c4nc(-c5ccc6ccccc6c5)nc(-c5ccc6ccccc6c5)n4)ccc23)cc1. The number of hydrogen-bond donors (Lipinski definition) is 0. The summed E-state index contributed by atoms with van der Waals surface area (Å²) in [6, 6.07) is 66.5. The number of nitrogens with zero attached hydrogens (tertiary/aromatic N) is 3. The van der Waals surface area contributed by atoms with Crippen molar-refractivity contribution < 1.29 is 0 Å². The number of rotatable bonds is 5. The van der Waals surface area contributed by atoms with E-state index in [4.69, 9.17) is 15.0 Å². The van der Waals surface area contributed by atoms with E-state index in [9.17, 15) is 0 Å². The van der Waals surface area contributed by atoms with E-state index in [-0.39, 0.29) is 0 Å². The van der Waals surface area contributed by atoms with Crippen LogP contribution in [0.2, 0.25) is 0 Å². The van der Waals surface area contributed by atoms with Crippen molar-refractivity contribution in [1.29, 1.82) is 0 Å². The van der Waals surface area contributed by atoms with Gasteiger partial charge in [-0.1, -0.05) is 170 Å². The Morgan fingerprint density at radius 1 is 0.231 bits per heavy atom. The minimum Gasteiger partial charge on any atom is -0.208 e. The second-order valence-electron chi connectivity index (χ2n) is 13.2. The van der Waals surface area contributed by atoms with E-state index >= 15 is 0 Å². The van der Waals surface area contributed by atoms with E-state index in [2.05, 4.69) is 188 Å². The summed E-state index contributed by atoms with van der Waals surface area (Å²) >= 11 is 0. The van der Waals surface area contributed by atoms with Gasteiger partial charge in [-0.25, -0.2) is 15.0 Å². The quantitative estimate of drug-likeness (QED) is 0.172. The smallest absolute Gasteiger partial charge is 0.164 e. The van der Waals surface area contributed by atoms with Crippen LogP contribution in [0.5, 0.6) is 0 Å². The van der Waals surface area contributed by atoms with Crippen molar-refractivity contribution in [3.05, 3.63) is 188 Å². The number of hydrogen-bond acceptors (Lipinski definition) is 3. The molecule has 3 heteroatoms. The Morgan fingerprint density at radius 2 is 0.596 bits per heavy atom. The first-order chi connectivity index (χ1) is 25.8. The molecule has 0 amide bonds. The van der Waals surface area contributed by atoms with Gasteiger partial charge in [0.15, 0.2) is 17.5 Å². The second-order valence-corrected chi connectivity index (χ2v) is 13.2. The summed E-state index contributed by atoms with van der Waals surface area (Å²) in [5.74, 6) is 1.92. The highest BCUT2D eigenvalue weighted by Crippen LogP contribution is 2.44. The molecule has 1 aromatic heterocycles. The summed E-state index contributed by atoms with van der Waals surface area (Å²) in [5.41, 5.74) is 7.62. The van der Waals surface area contributed by atoms with Crippen LogP contribution >= 0.6 is 0 Å². The first-order valence-corrected chi connectivity index (χ1v) is 17.6. The van der Waals surface area contributed by atoms with Crippen LogP contribution in [0.4, 0.5) is 0 Å². The zero-order valence-electron chi connectivity index (χ0n) is 28.2. The number of fused-ring (bicyclic) bond motifs is 4. The van der Waals surface area contributed by atoms with Gasteiger partial charge in [0.2, 0.25) is 0 Å². The Bertz CT molecular complexity index is 2850. The molecule has 0 aliphatic carbocycles. The monoisotopic (exact) mass is 661 g/mol. The number of aromatic nitrogens is 3. The van der Waals surface area contributed by atoms with Crippen molar-refractivity contribution >= 4 is 43.1 Å². The minimum atomic E-state index is 0.636. The Balaban J connectivity index is 1.25. The Morgan fingerprint density at radius 3 is 1.10 bits per heavy atom. The van der Waals surface area contributed by atoms with E-state index in [0.29, 0.717) is 17.5 Å². The first kappa shape index (κ1) is 29.9. The lowest BCUT2D eigenvalue weighted by atomic mass is 9.85. The zero-order chi connectivity index (χ0) is 34.4. The molecule has 0 aliphatic heterocycles. The Hall–Kier alpha value is -6.97. The standard InChI is InChI=1S/C49H31N3/c1-3-15-34(16-4-1)45-41-21-11-12-22-42(41)46(35-17-5-2-6-18-35)44-31-40(27-28-43(44)45)49-51-47(38-25-23-32-13-7-9-19-36(32)29-38)50-48(52-49)39-26-24-33-14-8-10-20-37(33)30-39/h1-31H. The van der Waals surface area contributed by atoms with Gasteiger partial charge in [0.05, 0.1) is 0 Å². The fraction of sp³-hybridized carbons (Fsp3) is 0. The summed E-state index contributed by atoms with van der Waals surface area (Å²) in [7, 11) is 0. The molecule has 0 bridgehead atoms. The summed E-state index contributed by atoms with van der Waals surface area (Å²) in [5, 5.41) is 9.43. The van der Waals surface area contributed by atoms with Crippen LogP contribution in [-0.4, -0.2) is 15.0 Å².